The summed E-state index contributed by atoms with van der Waals surface area (Å²) >= 11 is 0. The molecule has 0 bridgehead atoms. The Kier molecular flexibility index (Phi) is 8.25. The van der Waals surface area contributed by atoms with Crippen molar-refractivity contribution in [3.05, 3.63) is 95.2 Å². The third-order valence-corrected chi connectivity index (χ3v) is 8.27. The van der Waals surface area contributed by atoms with Gasteiger partial charge in [0.2, 0.25) is 0 Å². The molecule has 0 saturated carbocycles. The normalized spacial score (nSPS) is 17.2. The maximum absolute atomic E-state index is 13.6. The Morgan fingerprint density at radius 2 is 1.46 bits per heavy atom. The van der Waals surface area contributed by atoms with Gasteiger partial charge in [-0.2, -0.15) is 0 Å². The van der Waals surface area contributed by atoms with Gasteiger partial charge in [0.15, 0.2) is 5.82 Å². The molecule has 2 fully saturated rings. The molecule has 8 nitrogen and oxygen atoms in total. The standard InChI is InChI=1S/C32H37FN8/c1-23-29(33)7-8-30(36-23)32-35-14-10-26(38-32)22-25-9-13-34-31(37-25)21-24-3-5-27(6-4-24)40-15-11-28(12-16-40)41-19-17-39(2)18-20-41/h3-10,13-14,28H,11-12,15-22H2,1-2H3. The molecule has 1 aromatic carbocycles. The van der Waals surface area contributed by atoms with Crippen molar-refractivity contribution in [2.45, 2.75) is 38.6 Å². The van der Waals surface area contributed by atoms with Crippen LogP contribution in [0.1, 0.15) is 41.3 Å². The largest absolute Gasteiger partial charge is 0.371 e. The van der Waals surface area contributed by atoms with E-state index >= 15 is 0 Å². The fourth-order valence-corrected chi connectivity index (χ4v) is 5.78. The van der Waals surface area contributed by atoms with Gasteiger partial charge in [-0.05, 0) is 68.8 Å². The van der Waals surface area contributed by atoms with Gasteiger partial charge in [0.1, 0.15) is 17.3 Å². The van der Waals surface area contributed by atoms with Crippen LogP contribution in [0.2, 0.25) is 0 Å². The van der Waals surface area contributed by atoms with Crippen molar-refractivity contribution in [3.63, 3.8) is 0 Å². The van der Waals surface area contributed by atoms with Crippen LogP contribution in [0.3, 0.4) is 0 Å². The van der Waals surface area contributed by atoms with Gasteiger partial charge < -0.3 is 9.80 Å². The van der Waals surface area contributed by atoms with E-state index in [0.29, 0.717) is 30.1 Å². The van der Waals surface area contributed by atoms with Crippen molar-refractivity contribution in [3.8, 4) is 11.5 Å². The summed E-state index contributed by atoms with van der Waals surface area (Å²) in [5.41, 5.74) is 5.09. The molecule has 0 atom stereocenters. The zero-order valence-corrected chi connectivity index (χ0v) is 23.9. The number of aromatic nitrogens is 5. The average molecular weight is 553 g/mol. The third kappa shape index (κ3) is 6.74. The zero-order valence-electron chi connectivity index (χ0n) is 23.9. The number of likely N-dealkylation sites (N-methyl/N-ethyl adjacent to an activating group) is 1. The van der Waals surface area contributed by atoms with Crippen LogP contribution in [0.25, 0.3) is 11.5 Å². The molecule has 4 aromatic rings. The van der Waals surface area contributed by atoms with Crippen LogP contribution in [0, 0.1) is 12.7 Å². The second-order valence-electron chi connectivity index (χ2n) is 11.2. The van der Waals surface area contributed by atoms with E-state index in [2.05, 4.69) is 65.9 Å². The van der Waals surface area contributed by atoms with Gasteiger partial charge in [-0.3, -0.25) is 4.90 Å². The van der Waals surface area contributed by atoms with Crippen LogP contribution >= 0.6 is 0 Å². The summed E-state index contributed by atoms with van der Waals surface area (Å²) in [6.45, 7) is 8.64. The van der Waals surface area contributed by atoms with E-state index in [9.17, 15) is 4.39 Å². The molecule has 2 aliphatic heterocycles. The number of piperidine rings is 1. The Balaban J connectivity index is 1.05. The number of halogens is 1. The molecular weight excluding hydrogens is 515 g/mol. The predicted octanol–water partition coefficient (Wildman–Crippen LogP) is 4.17. The van der Waals surface area contributed by atoms with Gasteiger partial charge in [0.05, 0.1) is 17.1 Å². The Morgan fingerprint density at radius 1 is 0.756 bits per heavy atom. The number of pyridine rings is 1. The molecular formula is C32H37FN8. The third-order valence-electron chi connectivity index (χ3n) is 8.27. The monoisotopic (exact) mass is 552 g/mol. The minimum Gasteiger partial charge on any atom is -0.371 e. The molecule has 0 unspecified atom stereocenters. The highest BCUT2D eigenvalue weighted by Gasteiger charge is 2.26. The lowest BCUT2D eigenvalue weighted by Gasteiger charge is -2.42. The second kappa shape index (κ2) is 12.4. The number of anilines is 1. The van der Waals surface area contributed by atoms with Crippen molar-refractivity contribution in [1.82, 2.24) is 34.7 Å². The number of benzene rings is 1. The number of aryl methyl sites for hydroxylation is 1. The minimum atomic E-state index is -0.339. The number of hydrogen-bond acceptors (Lipinski definition) is 8. The molecule has 0 amide bonds. The van der Waals surface area contributed by atoms with Crippen molar-refractivity contribution < 1.29 is 4.39 Å². The molecule has 6 rings (SSSR count). The molecule has 41 heavy (non-hydrogen) atoms. The molecule has 9 heteroatoms. The van der Waals surface area contributed by atoms with Crippen molar-refractivity contribution in [1.29, 1.82) is 0 Å². The van der Waals surface area contributed by atoms with Gasteiger partial charge >= 0.3 is 0 Å². The lowest BCUT2D eigenvalue weighted by atomic mass is 10.0. The van der Waals surface area contributed by atoms with E-state index in [0.717, 1.165) is 36.3 Å². The van der Waals surface area contributed by atoms with Crippen LogP contribution in [-0.2, 0) is 12.8 Å². The lowest BCUT2D eigenvalue weighted by Crippen LogP contribution is -2.52. The molecule has 0 N–H and O–H groups in total. The van der Waals surface area contributed by atoms with Gasteiger partial charge in [-0.1, -0.05) is 12.1 Å². The molecule has 2 aliphatic rings. The quantitative estimate of drug-likeness (QED) is 0.338. The molecule has 0 aliphatic carbocycles. The Labute approximate surface area is 241 Å². The van der Waals surface area contributed by atoms with E-state index in [4.69, 9.17) is 4.98 Å². The molecule has 0 spiro atoms. The summed E-state index contributed by atoms with van der Waals surface area (Å²) in [6.07, 6.45) is 7.21. The first-order valence-corrected chi connectivity index (χ1v) is 14.5. The maximum Gasteiger partial charge on any atom is 0.178 e. The fourth-order valence-electron chi connectivity index (χ4n) is 5.78. The zero-order chi connectivity index (χ0) is 28.2. The molecule has 3 aromatic heterocycles. The summed E-state index contributed by atoms with van der Waals surface area (Å²) in [5, 5.41) is 0. The van der Waals surface area contributed by atoms with Gasteiger partial charge in [0, 0.05) is 76.2 Å². The highest BCUT2D eigenvalue weighted by Crippen LogP contribution is 2.24. The molecule has 0 radical (unpaired) electrons. The van der Waals surface area contributed by atoms with E-state index in [1.165, 1.54) is 56.3 Å². The summed E-state index contributed by atoms with van der Waals surface area (Å²) in [7, 11) is 2.22. The first kappa shape index (κ1) is 27.4. The Bertz CT molecular complexity index is 1460. The minimum absolute atomic E-state index is 0.329. The van der Waals surface area contributed by atoms with Crippen molar-refractivity contribution in [2.24, 2.45) is 0 Å². The Morgan fingerprint density at radius 3 is 2.20 bits per heavy atom. The first-order chi connectivity index (χ1) is 20.0. The number of nitrogens with zero attached hydrogens (tertiary/aromatic N) is 8. The van der Waals surface area contributed by atoms with E-state index in [1.54, 1.807) is 19.2 Å². The van der Waals surface area contributed by atoms with Gasteiger partial charge in [0.25, 0.3) is 0 Å². The fraction of sp³-hybridized carbons (Fsp3) is 0.406. The Hall–Kier alpha value is -3.82. The maximum atomic E-state index is 13.6. The smallest absolute Gasteiger partial charge is 0.178 e. The van der Waals surface area contributed by atoms with Crippen molar-refractivity contribution in [2.75, 3.05) is 51.2 Å². The summed E-state index contributed by atoms with van der Waals surface area (Å²) in [6, 6.07) is 16.4. The van der Waals surface area contributed by atoms with Crippen molar-refractivity contribution >= 4 is 5.69 Å². The van der Waals surface area contributed by atoms with Gasteiger partial charge in [-0.15, -0.1) is 0 Å². The van der Waals surface area contributed by atoms with Gasteiger partial charge in [-0.25, -0.2) is 29.3 Å². The van der Waals surface area contributed by atoms with Crippen LogP contribution in [0.5, 0.6) is 0 Å². The second-order valence-corrected chi connectivity index (χ2v) is 11.2. The number of piperazine rings is 1. The molecule has 212 valence electrons. The topological polar surface area (TPSA) is 74.2 Å². The number of rotatable bonds is 7. The first-order valence-electron chi connectivity index (χ1n) is 14.5. The van der Waals surface area contributed by atoms with E-state index in [-0.39, 0.29) is 5.82 Å². The van der Waals surface area contributed by atoms with E-state index in [1.807, 2.05) is 18.3 Å². The highest BCUT2D eigenvalue weighted by molar-refractivity contribution is 5.50. The summed E-state index contributed by atoms with van der Waals surface area (Å²) < 4.78 is 13.6. The average Bonchev–Trinajstić information content (AvgIpc) is 3.00. The van der Waals surface area contributed by atoms with Crippen LogP contribution in [0.15, 0.2) is 60.9 Å². The summed E-state index contributed by atoms with van der Waals surface area (Å²) in [5.74, 6) is 0.922. The van der Waals surface area contributed by atoms with E-state index < -0.39 is 0 Å². The van der Waals surface area contributed by atoms with Crippen LogP contribution in [-0.4, -0.2) is 87.1 Å². The summed E-state index contributed by atoms with van der Waals surface area (Å²) in [4.78, 5) is 30.2. The van der Waals surface area contributed by atoms with Crippen LogP contribution in [0.4, 0.5) is 10.1 Å². The predicted molar refractivity (Wildman–Crippen MR) is 158 cm³/mol. The number of hydrogen-bond donors (Lipinski definition) is 0. The highest BCUT2D eigenvalue weighted by atomic mass is 19.1. The molecule has 5 heterocycles. The molecule has 2 saturated heterocycles. The lowest BCUT2D eigenvalue weighted by molar-refractivity contribution is 0.0982. The SMILES string of the molecule is Cc1nc(-c2nccc(Cc3ccnc(Cc4ccc(N5CCC(N6CCN(C)CC6)CC5)cc4)n3)n2)ccc1F. The van der Waals surface area contributed by atoms with Crippen LogP contribution < -0.4 is 4.90 Å².